The van der Waals surface area contributed by atoms with Crippen LogP contribution in [0.4, 0.5) is 5.82 Å². The van der Waals surface area contributed by atoms with E-state index < -0.39 is 0 Å². The highest BCUT2D eigenvalue weighted by Crippen LogP contribution is 2.31. The van der Waals surface area contributed by atoms with Crippen LogP contribution >= 0.6 is 11.6 Å². The first-order valence-corrected chi connectivity index (χ1v) is 5.17. The van der Waals surface area contributed by atoms with Crippen LogP contribution in [0.15, 0.2) is 6.20 Å². The van der Waals surface area contributed by atoms with Crippen LogP contribution in [-0.2, 0) is 0 Å². The van der Waals surface area contributed by atoms with E-state index in [1.165, 1.54) is 7.11 Å². The molecule has 1 aliphatic heterocycles. The summed E-state index contributed by atoms with van der Waals surface area (Å²) in [5.74, 6) is 0.713. The number of ether oxygens (including phenoxy) is 1. The van der Waals surface area contributed by atoms with Gasteiger partial charge in [0.15, 0.2) is 5.82 Å². The van der Waals surface area contributed by atoms with Crippen LogP contribution in [0.1, 0.15) is 6.42 Å². The molecule has 1 aromatic heterocycles. The number of anilines is 1. The Kier molecular flexibility index (Phi) is 2.93. The van der Waals surface area contributed by atoms with Gasteiger partial charge in [-0.25, -0.2) is 4.98 Å². The van der Waals surface area contributed by atoms with Crippen LogP contribution in [-0.4, -0.2) is 36.2 Å². The fourth-order valence-corrected chi connectivity index (χ4v) is 1.81. The lowest BCUT2D eigenvalue weighted by atomic mass is 10.0. The van der Waals surface area contributed by atoms with Gasteiger partial charge in [-0.05, 0) is 6.42 Å². The summed E-state index contributed by atoms with van der Waals surface area (Å²) in [6, 6.07) is 0.666. The molecule has 2 N–H and O–H groups in total. The molecule has 1 saturated heterocycles. The molecule has 0 amide bonds. The largest absolute Gasteiger partial charge is 0.467 e. The van der Waals surface area contributed by atoms with E-state index in [-0.39, 0.29) is 0 Å². The highest BCUT2D eigenvalue weighted by Gasteiger charge is 2.29. The Bertz CT molecular complexity index is 358. The van der Waals surface area contributed by atoms with Gasteiger partial charge in [-0.1, -0.05) is 11.6 Å². The van der Waals surface area contributed by atoms with Gasteiger partial charge in [-0.2, -0.15) is 4.98 Å². The summed E-state index contributed by atoms with van der Waals surface area (Å²) in [6.45, 7) is 1.55. The molecule has 1 aromatic rings. The maximum atomic E-state index is 6.02. The van der Waals surface area contributed by atoms with Gasteiger partial charge < -0.3 is 15.4 Å². The average Bonchev–Trinajstić information content (AvgIpc) is 2.20. The predicted octanol–water partition coefficient (Wildman–Crippen LogP) is 0.676. The summed E-state index contributed by atoms with van der Waals surface area (Å²) in [5, 5.41) is 0.536. The maximum Gasteiger partial charge on any atom is 0.318 e. The van der Waals surface area contributed by atoms with Crippen molar-refractivity contribution in [3.63, 3.8) is 0 Å². The minimum Gasteiger partial charge on any atom is -0.467 e. The van der Waals surface area contributed by atoms with E-state index in [1.807, 2.05) is 0 Å². The standard InChI is InChI=1S/C9H13ClN4O/c1-15-9-12-5-7(10)8(13-9)14-3-2-6(14)4-11/h5-6H,2-4,11H2,1H3. The Hall–Kier alpha value is -1.07. The van der Waals surface area contributed by atoms with Gasteiger partial charge in [0.25, 0.3) is 0 Å². The summed E-state index contributed by atoms with van der Waals surface area (Å²) in [7, 11) is 1.53. The second-order valence-corrected chi connectivity index (χ2v) is 3.81. The maximum absolute atomic E-state index is 6.02. The van der Waals surface area contributed by atoms with Crippen molar-refractivity contribution in [2.75, 3.05) is 25.1 Å². The third-order valence-electron chi connectivity index (χ3n) is 2.57. The number of nitrogens with zero attached hydrogens (tertiary/aromatic N) is 3. The van der Waals surface area contributed by atoms with Crippen LogP contribution < -0.4 is 15.4 Å². The SMILES string of the molecule is COc1ncc(Cl)c(N2CCC2CN)n1. The molecule has 1 atom stereocenters. The summed E-state index contributed by atoms with van der Waals surface area (Å²) < 4.78 is 4.96. The monoisotopic (exact) mass is 228 g/mol. The van der Waals surface area contributed by atoms with Gasteiger partial charge in [0, 0.05) is 19.1 Å². The lowest BCUT2D eigenvalue weighted by Crippen LogP contribution is -2.52. The highest BCUT2D eigenvalue weighted by atomic mass is 35.5. The summed E-state index contributed by atoms with van der Waals surface area (Å²) in [5.41, 5.74) is 5.62. The van der Waals surface area contributed by atoms with Crippen LogP contribution in [0.2, 0.25) is 5.02 Å². The molecule has 0 saturated carbocycles. The minimum atomic E-state index is 0.331. The van der Waals surface area contributed by atoms with Gasteiger partial charge in [0.2, 0.25) is 0 Å². The van der Waals surface area contributed by atoms with E-state index >= 15 is 0 Å². The lowest BCUT2D eigenvalue weighted by Gasteiger charge is -2.41. The first-order chi connectivity index (χ1) is 7.26. The fourth-order valence-electron chi connectivity index (χ4n) is 1.61. The zero-order chi connectivity index (χ0) is 10.8. The Morgan fingerprint density at radius 3 is 3.07 bits per heavy atom. The Balaban J connectivity index is 2.26. The van der Waals surface area contributed by atoms with Crippen LogP contribution in [0, 0.1) is 0 Å². The molecule has 2 heterocycles. The molecular formula is C9H13ClN4O. The molecule has 0 aromatic carbocycles. The summed E-state index contributed by atoms with van der Waals surface area (Å²) in [6.07, 6.45) is 2.63. The van der Waals surface area contributed by atoms with Crippen LogP contribution in [0.5, 0.6) is 6.01 Å². The highest BCUT2D eigenvalue weighted by molar-refractivity contribution is 6.32. The fraction of sp³-hybridized carbons (Fsp3) is 0.556. The van der Waals surface area contributed by atoms with E-state index in [9.17, 15) is 0 Å². The van der Waals surface area contributed by atoms with Crippen molar-refractivity contribution >= 4 is 17.4 Å². The molecule has 0 bridgehead atoms. The van der Waals surface area contributed by atoms with E-state index in [2.05, 4.69) is 14.9 Å². The normalized spacial score (nSPS) is 19.9. The quantitative estimate of drug-likeness (QED) is 0.824. The number of halogens is 1. The van der Waals surface area contributed by atoms with Crippen molar-refractivity contribution in [3.8, 4) is 6.01 Å². The Morgan fingerprint density at radius 1 is 1.73 bits per heavy atom. The van der Waals surface area contributed by atoms with E-state index in [1.54, 1.807) is 6.20 Å². The molecule has 1 fully saturated rings. The van der Waals surface area contributed by atoms with Gasteiger partial charge >= 0.3 is 6.01 Å². The number of methoxy groups -OCH3 is 1. The molecule has 0 aliphatic carbocycles. The minimum absolute atomic E-state index is 0.331. The molecule has 82 valence electrons. The van der Waals surface area contributed by atoms with Gasteiger partial charge in [-0.15, -0.1) is 0 Å². The number of rotatable bonds is 3. The molecule has 15 heavy (non-hydrogen) atoms. The third-order valence-corrected chi connectivity index (χ3v) is 2.84. The summed E-state index contributed by atoms with van der Waals surface area (Å²) >= 11 is 6.02. The Morgan fingerprint density at radius 2 is 2.53 bits per heavy atom. The molecule has 0 radical (unpaired) electrons. The number of hydrogen-bond acceptors (Lipinski definition) is 5. The van der Waals surface area contributed by atoms with Crippen molar-refractivity contribution < 1.29 is 4.74 Å². The second-order valence-electron chi connectivity index (χ2n) is 3.40. The first-order valence-electron chi connectivity index (χ1n) is 4.79. The average molecular weight is 229 g/mol. The third kappa shape index (κ3) is 1.85. The van der Waals surface area contributed by atoms with Crippen molar-refractivity contribution in [2.24, 2.45) is 5.73 Å². The van der Waals surface area contributed by atoms with Gasteiger partial charge in [0.1, 0.15) is 5.02 Å². The van der Waals surface area contributed by atoms with Crippen molar-refractivity contribution in [3.05, 3.63) is 11.2 Å². The summed E-state index contributed by atoms with van der Waals surface area (Å²) in [4.78, 5) is 10.2. The molecule has 1 aliphatic rings. The van der Waals surface area contributed by atoms with E-state index in [0.717, 1.165) is 13.0 Å². The number of nitrogens with two attached hydrogens (primary N) is 1. The zero-order valence-electron chi connectivity index (χ0n) is 8.48. The predicted molar refractivity (Wildman–Crippen MR) is 58.4 cm³/mol. The van der Waals surface area contributed by atoms with Crippen molar-refractivity contribution in [2.45, 2.75) is 12.5 Å². The van der Waals surface area contributed by atoms with Crippen LogP contribution in [0.3, 0.4) is 0 Å². The molecule has 0 spiro atoms. The topological polar surface area (TPSA) is 64.3 Å². The number of aromatic nitrogens is 2. The molecule has 5 nitrogen and oxygen atoms in total. The molecule has 6 heteroatoms. The molecule has 1 unspecified atom stereocenters. The van der Waals surface area contributed by atoms with E-state index in [4.69, 9.17) is 22.1 Å². The van der Waals surface area contributed by atoms with Crippen molar-refractivity contribution in [1.82, 2.24) is 9.97 Å². The zero-order valence-corrected chi connectivity index (χ0v) is 9.24. The second kappa shape index (κ2) is 4.20. The molecular weight excluding hydrogens is 216 g/mol. The van der Waals surface area contributed by atoms with E-state index in [0.29, 0.717) is 29.4 Å². The van der Waals surface area contributed by atoms with Gasteiger partial charge in [0.05, 0.1) is 13.3 Å². The van der Waals surface area contributed by atoms with Gasteiger partial charge in [-0.3, -0.25) is 0 Å². The number of hydrogen-bond donors (Lipinski definition) is 1. The van der Waals surface area contributed by atoms with Crippen LogP contribution in [0.25, 0.3) is 0 Å². The van der Waals surface area contributed by atoms with Crippen molar-refractivity contribution in [1.29, 1.82) is 0 Å². The lowest BCUT2D eigenvalue weighted by molar-refractivity contribution is 0.376. The molecule has 2 rings (SSSR count). The Labute approximate surface area is 93.2 Å². The first kappa shape index (κ1) is 10.4. The smallest absolute Gasteiger partial charge is 0.318 e.